The predicted octanol–water partition coefficient (Wildman–Crippen LogP) is 1.52. The van der Waals surface area contributed by atoms with Gasteiger partial charge in [0.25, 0.3) is 5.91 Å². The predicted molar refractivity (Wildman–Crippen MR) is 103 cm³/mol. The summed E-state index contributed by atoms with van der Waals surface area (Å²) in [6.45, 7) is 5.13. The molecule has 27 heavy (non-hydrogen) atoms. The number of ether oxygens (including phenoxy) is 1. The third-order valence-electron chi connectivity index (χ3n) is 4.49. The highest BCUT2D eigenvalue weighted by Gasteiger charge is 2.18. The number of aromatic nitrogens is 2. The number of morpholine rings is 1. The number of hydrogen-bond acceptors (Lipinski definition) is 5. The molecule has 3 rings (SSSR count). The van der Waals surface area contributed by atoms with E-state index in [0.29, 0.717) is 11.4 Å². The fourth-order valence-electron chi connectivity index (χ4n) is 2.91. The first-order valence-electron chi connectivity index (χ1n) is 9.09. The molecule has 1 saturated heterocycles. The molecule has 144 valence electrons. The van der Waals surface area contributed by atoms with Crippen molar-refractivity contribution in [1.82, 2.24) is 15.1 Å². The zero-order valence-electron chi connectivity index (χ0n) is 15.7. The van der Waals surface area contributed by atoms with Gasteiger partial charge in [0.05, 0.1) is 19.8 Å². The number of H-pyrrole nitrogens is 1. The van der Waals surface area contributed by atoms with Crippen LogP contribution in [0.25, 0.3) is 0 Å². The Hall–Kier alpha value is -2.87. The van der Waals surface area contributed by atoms with Crippen LogP contribution in [0.4, 0.5) is 11.4 Å². The number of carbonyl (C=O) groups is 2. The molecule has 1 aliphatic rings. The zero-order valence-corrected chi connectivity index (χ0v) is 15.7. The number of amides is 2. The molecule has 0 saturated carbocycles. The van der Waals surface area contributed by atoms with E-state index in [2.05, 4.69) is 20.4 Å². The molecule has 2 amide bonds. The van der Waals surface area contributed by atoms with E-state index in [9.17, 15) is 9.59 Å². The first-order chi connectivity index (χ1) is 13.1. The largest absolute Gasteiger partial charge is 0.378 e. The van der Waals surface area contributed by atoms with Crippen molar-refractivity contribution in [1.29, 1.82) is 0 Å². The minimum absolute atomic E-state index is 0.0433. The van der Waals surface area contributed by atoms with E-state index in [1.54, 1.807) is 13.1 Å². The minimum Gasteiger partial charge on any atom is -0.378 e. The third kappa shape index (κ3) is 4.85. The maximum Gasteiger partial charge on any atom is 0.274 e. The fourth-order valence-corrected chi connectivity index (χ4v) is 2.91. The summed E-state index contributed by atoms with van der Waals surface area (Å²) >= 11 is 0. The van der Waals surface area contributed by atoms with E-state index in [0.717, 1.165) is 44.1 Å². The molecule has 2 aromatic rings. The van der Waals surface area contributed by atoms with E-state index in [1.165, 1.54) is 4.90 Å². The third-order valence-corrected chi connectivity index (χ3v) is 4.49. The summed E-state index contributed by atoms with van der Waals surface area (Å²) in [5.41, 5.74) is 3.01. The maximum atomic E-state index is 12.3. The second-order valence-electron chi connectivity index (χ2n) is 6.49. The number of benzene rings is 1. The van der Waals surface area contributed by atoms with Crippen LogP contribution in [-0.4, -0.2) is 66.8 Å². The molecule has 0 aliphatic carbocycles. The van der Waals surface area contributed by atoms with Gasteiger partial charge in [0.15, 0.2) is 0 Å². The van der Waals surface area contributed by atoms with Gasteiger partial charge in [-0.1, -0.05) is 6.92 Å². The van der Waals surface area contributed by atoms with Crippen molar-refractivity contribution in [3.8, 4) is 0 Å². The topological polar surface area (TPSA) is 90.6 Å². The summed E-state index contributed by atoms with van der Waals surface area (Å²) in [4.78, 5) is 28.2. The van der Waals surface area contributed by atoms with Crippen molar-refractivity contribution < 1.29 is 14.3 Å². The molecule has 1 fully saturated rings. The quantitative estimate of drug-likeness (QED) is 0.803. The van der Waals surface area contributed by atoms with Crippen LogP contribution >= 0.6 is 0 Å². The van der Waals surface area contributed by atoms with Crippen LogP contribution in [0.2, 0.25) is 0 Å². The van der Waals surface area contributed by atoms with Crippen molar-refractivity contribution in [3.63, 3.8) is 0 Å². The number of anilines is 2. The average molecular weight is 371 g/mol. The average Bonchev–Trinajstić information content (AvgIpc) is 3.17. The highest BCUT2D eigenvalue weighted by atomic mass is 16.5. The van der Waals surface area contributed by atoms with Gasteiger partial charge in [-0.3, -0.25) is 14.7 Å². The fraction of sp³-hybridized carbons (Fsp3) is 0.421. The van der Waals surface area contributed by atoms with Crippen LogP contribution in [-0.2, 0) is 16.0 Å². The molecular weight excluding hydrogens is 346 g/mol. The van der Waals surface area contributed by atoms with Gasteiger partial charge >= 0.3 is 0 Å². The summed E-state index contributed by atoms with van der Waals surface area (Å²) in [6.07, 6.45) is 0.769. The lowest BCUT2D eigenvalue weighted by Crippen LogP contribution is -2.36. The molecule has 0 bridgehead atoms. The second kappa shape index (κ2) is 8.68. The Labute approximate surface area is 158 Å². The maximum absolute atomic E-state index is 12.3. The van der Waals surface area contributed by atoms with Crippen LogP contribution in [0.1, 0.15) is 23.1 Å². The summed E-state index contributed by atoms with van der Waals surface area (Å²) in [5, 5.41) is 9.62. The number of carbonyl (C=O) groups excluding carboxylic acids is 2. The Morgan fingerprint density at radius 2 is 1.96 bits per heavy atom. The lowest BCUT2D eigenvalue weighted by atomic mass is 10.2. The molecule has 0 spiro atoms. The van der Waals surface area contributed by atoms with Gasteiger partial charge in [-0.05, 0) is 36.8 Å². The lowest BCUT2D eigenvalue weighted by molar-refractivity contribution is -0.116. The highest BCUT2D eigenvalue weighted by Crippen LogP contribution is 2.19. The number of aryl methyl sites for hydroxylation is 1. The van der Waals surface area contributed by atoms with Crippen molar-refractivity contribution in [2.24, 2.45) is 0 Å². The van der Waals surface area contributed by atoms with Crippen molar-refractivity contribution >= 4 is 23.2 Å². The van der Waals surface area contributed by atoms with Gasteiger partial charge in [0.1, 0.15) is 5.69 Å². The van der Waals surface area contributed by atoms with E-state index < -0.39 is 0 Å². The molecule has 1 aromatic carbocycles. The molecule has 2 N–H and O–H groups in total. The smallest absolute Gasteiger partial charge is 0.274 e. The van der Waals surface area contributed by atoms with Crippen LogP contribution in [0, 0.1) is 0 Å². The molecule has 1 aliphatic heterocycles. The Morgan fingerprint density at radius 1 is 1.26 bits per heavy atom. The molecule has 8 heteroatoms. The molecule has 1 aromatic heterocycles. The van der Waals surface area contributed by atoms with Gasteiger partial charge < -0.3 is 19.9 Å². The van der Waals surface area contributed by atoms with Gasteiger partial charge in [-0.15, -0.1) is 0 Å². The van der Waals surface area contributed by atoms with Crippen molar-refractivity contribution in [3.05, 3.63) is 41.7 Å². The molecule has 0 atom stereocenters. The van der Waals surface area contributed by atoms with E-state index in [1.807, 2.05) is 31.2 Å². The van der Waals surface area contributed by atoms with E-state index in [-0.39, 0.29) is 18.4 Å². The number of nitrogens with one attached hydrogen (secondary N) is 2. The molecular formula is C19H25N5O3. The van der Waals surface area contributed by atoms with Crippen molar-refractivity contribution in [2.45, 2.75) is 13.3 Å². The Morgan fingerprint density at radius 3 is 2.59 bits per heavy atom. The molecule has 8 nitrogen and oxygen atoms in total. The van der Waals surface area contributed by atoms with Crippen LogP contribution < -0.4 is 10.2 Å². The van der Waals surface area contributed by atoms with Gasteiger partial charge in [-0.2, -0.15) is 5.10 Å². The number of hydrogen-bond donors (Lipinski definition) is 2. The van der Waals surface area contributed by atoms with Gasteiger partial charge in [0, 0.05) is 37.2 Å². The van der Waals surface area contributed by atoms with E-state index >= 15 is 0 Å². The Kier molecular flexibility index (Phi) is 6.08. The van der Waals surface area contributed by atoms with Crippen LogP contribution in [0.15, 0.2) is 30.3 Å². The number of aromatic amines is 1. The monoisotopic (exact) mass is 371 g/mol. The summed E-state index contributed by atoms with van der Waals surface area (Å²) in [6, 6.07) is 9.40. The van der Waals surface area contributed by atoms with Gasteiger partial charge in [0.2, 0.25) is 5.91 Å². The number of nitrogens with zero attached hydrogens (tertiary/aromatic N) is 3. The standard InChI is InChI=1S/C19H25N5O3/c1-3-14-12-17(22-21-14)19(26)23(2)13-18(25)20-15-4-6-16(7-5-15)24-8-10-27-11-9-24/h4-7,12H,3,8-11,13H2,1-2H3,(H,20,25)(H,21,22). The molecule has 2 heterocycles. The van der Waals surface area contributed by atoms with E-state index in [4.69, 9.17) is 4.74 Å². The highest BCUT2D eigenvalue weighted by molar-refractivity contribution is 5.98. The van der Waals surface area contributed by atoms with Crippen LogP contribution in [0.3, 0.4) is 0 Å². The summed E-state index contributed by atoms with van der Waals surface area (Å²) in [5.74, 6) is -0.542. The second-order valence-corrected chi connectivity index (χ2v) is 6.49. The summed E-state index contributed by atoms with van der Waals surface area (Å²) in [7, 11) is 1.59. The van der Waals surface area contributed by atoms with Crippen LogP contribution in [0.5, 0.6) is 0 Å². The van der Waals surface area contributed by atoms with Gasteiger partial charge in [-0.25, -0.2) is 0 Å². The number of likely N-dealkylation sites (N-methyl/N-ethyl adjacent to an activating group) is 1. The minimum atomic E-state index is -0.288. The first kappa shape index (κ1) is 18.9. The first-order valence-corrected chi connectivity index (χ1v) is 9.09. The Bertz CT molecular complexity index is 781. The summed E-state index contributed by atoms with van der Waals surface area (Å²) < 4.78 is 5.36. The normalized spacial score (nSPS) is 14.1. The lowest BCUT2D eigenvalue weighted by Gasteiger charge is -2.28. The van der Waals surface area contributed by atoms with Crippen molar-refractivity contribution in [2.75, 3.05) is 50.1 Å². The number of rotatable bonds is 6. The SMILES string of the molecule is CCc1cc(C(=O)N(C)CC(=O)Nc2ccc(N3CCOCC3)cc2)n[nH]1. The molecule has 0 radical (unpaired) electrons. The molecule has 0 unspecified atom stereocenters. The zero-order chi connectivity index (χ0) is 19.2. The Balaban J connectivity index is 1.52.